The van der Waals surface area contributed by atoms with Gasteiger partial charge in [-0.25, -0.2) is 4.39 Å². The highest BCUT2D eigenvalue weighted by Crippen LogP contribution is 2.23. The molecule has 0 saturated heterocycles. The standard InChI is InChI=1S/C20H24FNO3S/c1-24-17-12-15(13-18(14-17)25-2)4-9-20(23)22-10-3-11-26-19-7-5-16(21)6-8-19/h5-8,12-14H,3-4,9-11H2,1-2H3,(H,22,23). The third-order valence-corrected chi connectivity index (χ3v) is 4.88. The molecule has 4 nitrogen and oxygen atoms in total. The molecule has 0 heterocycles. The Bertz CT molecular complexity index is 684. The number of methoxy groups -OCH3 is 2. The van der Waals surface area contributed by atoms with E-state index in [1.165, 1.54) is 12.1 Å². The van der Waals surface area contributed by atoms with Crippen LogP contribution in [0.4, 0.5) is 4.39 Å². The molecule has 0 saturated carbocycles. The van der Waals surface area contributed by atoms with Gasteiger partial charge in [0.05, 0.1) is 14.2 Å². The minimum Gasteiger partial charge on any atom is -0.497 e. The van der Waals surface area contributed by atoms with Gasteiger partial charge < -0.3 is 14.8 Å². The predicted molar refractivity (Wildman–Crippen MR) is 103 cm³/mol. The number of aryl methyl sites for hydroxylation is 1. The third-order valence-electron chi connectivity index (χ3n) is 3.78. The van der Waals surface area contributed by atoms with Crippen LogP contribution in [0.1, 0.15) is 18.4 Å². The molecule has 0 unspecified atom stereocenters. The Hall–Kier alpha value is -2.21. The number of hydrogen-bond donors (Lipinski definition) is 1. The minimum absolute atomic E-state index is 0.0265. The van der Waals surface area contributed by atoms with Crippen LogP contribution < -0.4 is 14.8 Å². The van der Waals surface area contributed by atoms with E-state index in [2.05, 4.69) is 5.32 Å². The van der Waals surface area contributed by atoms with Crippen molar-refractivity contribution >= 4 is 17.7 Å². The summed E-state index contributed by atoms with van der Waals surface area (Å²) in [6.07, 6.45) is 1.91. The summed E-state index contributed by atoms with van der Waals surface area (Å²) in [7, 11) is 3.21. The molecule has 0 aromatic heterocycles. The Labute approximate surface area is 158 Å². The monoisotopic (exact) mass is 377 g/mol. The molecule has 1 N–H and O–H groups in total. The number of amides is 1. The first kappa shape index (κ1) is 20.1. The molecule has 26 heavy (non-hydrogen) atoms. The van der Waals surface area contributed by atoms with Crippen molar-refractivity contribution in [2.24, 2.45) is 0 Å². The Balaban J connectivity index is 1.65. The molecule has 0 aliphatic rings. The van der Waals surface area contributed by atoms with E-state index in [1.807, 2.05) is 18.2 Å². The lowest BCUT2D eigenvalue weighted by Crippen LogP contribution is -2.25. The van der Waals surface area contributed by atoms with Gasteiger partial charge in [0, 0.05) is 23.9 Å². The second-order valence-electron chi connectivity index (χ2n) is 5.73. The molecule has 1 amide bonds. The van der Waals surface area contributed by atoms with Crippen LogP contribution in [0.5, 0.6) is 11.5 Å². The van der Waals surface area contributed by atoms with Crippen molar-refractivity contribution in [3.63, 3.8) is 0 Å². The third kappa shape index (κ3) is 6.96. The van der Waals surface area contributed by atoms with E-state index in [4.69, 9.17) is 9.47 Å². The van der Waals surface area contributed by atoms with Gasteiger partial charge in [-0.2, -0.15) is 0 Å². The number of carbonyl (C=O) groups excluding carboxylic acids is 1. The van der Waals surface area contributed by atoms with E-state index < -0.39 is 0 Å². The second kappa shape index (κ2) is 10.7. The van der Waals surface area contributed by atoms with Gasteiger partial charge >= 0.3 is 0 Å². The van der Waals surface area contributed by atoms with Gasteiger partial charge in [-0.15, -0.1) is 11.8 Å². The normalized spacial score (nSPS) is 10.4. The molecular formula is C20H24FNO3S. The summed E-state index contributed by atoms with van der Waals surface area (Å²) in [5, 5.41) is 2.93. The number of benzene rings is 2. The molecule has 2 aromatic rings. The number of nitrogens with one attached hydrogen (secondary N) is 1. The first-order valence-electron chi connectivity index (χ1n) is 8.47. The Morgan fingerprint density at radius 1 is 1.08 bits per heavy atom. The lowest BCUT2D eigenvalue weighted by molar-refractivity contribution is -0.121. The number of hydrogen-bond acceptors (Lipinski definition) is 4. The van der Waals surface area contributed by atoms with Crippen molar-refractivity contribution in [3.8, 4) is 11.5 Å². The maximum absolute atomic E-state index is 12.8. The average Bonchev–Trinajstić information content (AvgIpc) is 2.67. The van der Waals surface area contributed by atoms with Gasteiger partial charge in [0.25, 0.3) is 0 Å². The highest BCUT2D eigenvalue weighted by atomic mass is 32.2. The Kier molecular flexibility index (Phi) is 8.28. The lowest BCUT2D eigenvalue weighted by Gasteiger charge is -2.09. The molecular weight excluding hydrogens is 353 g/mol. The Morgan fingerprint density at radius 2 is 1.73 bits per heavy atom. The average molecular weight is 377 g/mol. The second-order valence-corrected chi connectivity index (χ2v) is 6.90. The van der Waals surface area contributed by atoms with Crippen LogP contribution in [0, 0.1) is 5.82 Å². The van der Waals surface area contributed by atoms with Crippen LogP contribution in [0.2, 0.25) is 0 Å². The zero-order valence-corrected chi connectivity index (χ0v) is 15.9. The zero-order valence-electron chi connectivity index (χ0n) is 15.1. The van der Waals surface area contributed by atoms with Gasteiger partial charge in [0.1, 0.15) is 17.3 Å². The Morgan fingerprint density at radius 3 is 2.35 bits per heavy atom. The topological polar surface area (TPSA) is 47.6 Å². The van der Waals surface area contributed by atoms with Crippen LogP contribution >= 0.6 is 11.8 Å². The van der Waals surface area contributed by atoms with Crippen molar-refractivity contribution in [3.05, 3.63) is 53.8 Å². The van der Waals surface area contributed by atoms with E-state index in [0.29, 0.717) is 19.4 Å². The molecule has 2 rings (SSSR count). The van der Waals surface area contributed by atoms with Crippen molar-refractivity contribution in [1.29, 1.82) is 0 Å². The number of carbonyl (C=O) groups is 1. The molecule has 0 aliphatic heterocycles. The smallest absolute Gasteiger partial charge is 0.220 e. The molecule has 0 aliphatic carbocycles. The van der Waals surface area contributed by atoms with Gasteiger partial charge in [-0.05, 0) is 60.6 Å². The largest absolute Gasteiger partial charge is 0.497 e. The van der Waals surface area contributed by atoms with Crippen molar-refractivity contribution in [1.82, 2.24) is 5.32 Å². The summed E-state index contributed by atoms with van der Waals surface area (Å²) in [6, 6.07) is 12.1. The van der Waals surface area contributed by atoms with Crippen LogP contribution in [0.25, 0.3) is 0 Å². The number of ether oxygens (including phenoxy) is 2. The summed E-state index contributed by atoms with van der Waals surface area (Å²) < 4.78 is 23.3. The summed E-state index contributed by atoms with van der Waals surface area (Å²) in [6.45, 7) is 0.633. The summed E-state index contributed by atoms with van der Waals surface area (Å²) in [5.41, 5.74) is 1.00. The van der Waals surface area contributed by atoms with Crippen molar-refractivity contribution in [2.45, 2.75) is 24.2 Å². The predicted octanol–water partition coefficient (Wildman–Crippen LogP) is 4.07. The van der Waals surface area contributed by atoms with E-state index in [-0.39, 0.29) is 11.7 Å². The highest BCUT2D eigenvalue weighted by Gasteiger charge is 2.06. The summed E-state index contributed by atoms with van der Waals surface area (Å²) in [4.78, 5) is 13.0. The molecule has 2 aromatic carbocycles. The van der Waals surface area contributed by atoms with E-state index in [9.17, 15) is 9.18 Å². The SMILES string of the molecule is COc1cc(CCC(=O)NCCCSc2ccc(F)cc2)cc(OC)c1. The quantitative estimate of drug-likeness (QED) is 0.501. The fourth-order valence-electron chi connectivity index (χ4n) is 2.38. The van der Waals surface area contributed by atoms with Crippen LogP contribution in [0.15, 0.2) is 47.4 Å². The van der Waals surface area contributed by atoms with Crippen LogP contribution in [-0.4, -0.2) is 32.4 Å². The molecule has 0 fully saturated rings. The van der Waals surface area contributed by atoms with Gasteiger partial charge in [0.15, 0.2) is 0 Å². The molecule has 0 radical (unpaired) electrons. The van der Waals surface area contributed by atoms with E-state index in [1.54, 1.807) is 38.1 Å². The fourth-order valence-corrected chi connectivity index (χ4v) is 3.23. The zero-order chi connectivity index (χ0) is 18.8. The maximum Gasteiger partial charge on any atom is 0.220 e. The number of rotatable bonds is 10. The van der Waals surface area contributed by atoms with Gasteiger partial charge in [-0.3, -0.25) is 4.79 Å². The minimum atomic E-state index is -0.227. The van der Waals surface area contributed by atoms with Crippen LogP contribution in [-0.2, 0) is 11.2 Å². The van der Waals surface area contributed by atoms with Crippen molar-refractivity contribution < 1.29 is 18.7 Å². The van der Waals surface area contributed by atoms with E-state index in [0.717, 1.165) is 34.1 Å². The summed E-state index contributed by atoms with van der Waals surface area (Å²) >= 11 is 1.65. The van der Waals surface area contributed by atoms with Crippen LogP contribution in [0.3, 0.4) is 0 Å². The first-order valence-corrected chi connectivity index (χ1v) is 9.46. The van der Waals surface area contributed by atoms with Gasteiger partial charge in [-0.1, -0.05) is 0 Å². The lowest BCUT2D eigenvalue weighted by atomic mass is 10.1. The molecule has 0 atom stereocenters. The van der Waals surface area contributed by atoms with Gasteiger partial charge in [0.2, 0.25) is 5.91 Å². The molecule has 140 valence electrons. The summed E-state index contributed by atoms with van der Waals surface area (Å²) in [5.74, 6) is 2.11. The van der Waals surface area contributed by atoms with Crippen molar-refractivity contribution in [2.75, 3.05) is 26.5 Å². The number of thioether (sulfide) groups is 1. The molecule has 0 bridgehead atoms. The molecule has 6 heteroatoms. The molecule has 0 spiro atoms. The highest BCUT2D eigenvalue weighted by molar-refractivity contribution is 7.99. The van der Waals surface area contributed by atoms with E-state index >= 15 is 0 Å². The fraction of sp³-hybridized carbons (Fsp3) is 0.350. The maximum atomic E-state index is 12.8. The number of halogens is 1. The first-order chi connectivity index (χ1) is 12.6.